The minimum Gasteiger partial charge on any atom is -0.461 e. The number of rotatable bonds is 3. The maximum atomic E-state index is 10.2. The van der Waals surface area contributed by atoms with Crippen molar-refractivity contribution >= 4 is 37.8 Å². The third-order valence-electron chi connectivity index (χ3n) is 2.52. The minimum atomic E-state index is -0.569. The van der Waals surface area contributed by atoms with Gasteiger partial charge in [0.2, 0.25) is 0 Å². The monoisotopic (exact) mass is 428 g/mol. The molecule has 0 radical (unpaired) electrons. The number of aliphatic hydroxyl groups excluding tert-OH is 1. The van der Waals surface area contributed by atoms with Crippen molar-refractivity contribution in [1.82, 2.24) is 0 Å². The molecule has 0 heterocycles. The fraction of sp³-hybridized carbons (Fsp3) is 0.235. The molecule has 0 aliphatic heterocycles. The number of halogens is 2. The van der Waals surface area contributed by atoms with Gasteiger partial charge in [-0.1, -0.05) is 56.1 Å². The molecule has 1 N–H and O–H groups in total. The predicted octanol–water partition coefficient (Wildman–Crippen LogP) is 4.81. The highest BCUT2D eigenvalue weighted by Gasteiger charge is 2.00. The zero-order chi connectivity index (χ0) is 16.5. The third kappa shape index (κ3) is 7.20. The van der Waals surface area contributed by atoms with Crippen LogP contribution >= 0.6 is 31.9 Å². The van der Waals surface area contributed by atoms with Gasteiger partial charge in [-0.25, -0.2) is 4.79 Å². The van der Waals surface area contributed by atoms with E-state index in [2.05, 4.69) is 85.1 Å². The van der Waals surface area contributed by atoms with Crippen LogP contribution in [0.25, 0.3) is 11.1 Å². The van der Waals surface area contributed by atoms with Gasteiger partial charge in [-0.15, -0.1) is 0 Å². The Balaban J connectivity index is 0.000000261. The lowest BCUT2D eigenvalue weighted by Crippen LogP contribution is -2.14. The highest BCUT2D eigenvalue weighted by molar-refractivity contribution is 9.10. The Bertz CT molecular complexity index is 534. The van der Waals surface area contributed by atoms with Gasteiger partial charge in [0, 0.05) is 8.95 Å². The Hall–Kier alpha value is -1.17. The predicted molar refractivity (Wildman–Crippen MR) is 95.6 cm³/mol. The molecule has 0 unspecified atom stereocenters. The van der Waals surface area contributed by atoms with Crippen molar-refractivity contribution in [3.05, 3.63) is 57.5 Å². The molecule has 0 saturated carbocycles. The van der Waals surface area contributed by atoms with E-state index in [1.165, 1.54) is 11.1 Å². The fourth-order valence-electron chi connectivity index (χ4n) is 1.58. The summed E-state index contributed by atoms with van der Waals surface area (Å²) in [6, 6.07) is 16.6. The standard InChI is InChI=1S/C12H8Br2.C5H10O3/c13-11-5-1-9(2-6-11)10-3-7-12(14)8-4-10;1-4(2)8-5(7)3-6/h1-8H;4,6H,3H2,1-2H3. The van der Waals surface area contributed by atoms with Crippen LogP contribution in [0, 0.1) is 0 Å². The summed E-state index contributed by atoms with van der Waals surface area (Å²) in [6.07, 6.45) is -0.130. The highest BCUT2D eigenvalue weighted by Crippen LogP contribution is 2.23. The number of carbonyl (C=O) groups excluding carboxylic acids is 1. The van der Waals surface area contributed by atoms with Crippen molar-refractivity contribution in [2.75, 3.05) is 6.61 Å². The molecule has 0 saturated heterocycles. The van der Waals surface area contributed by atoms with Crippen molar-refractivity contribution in [3.63, 3.8) is 0 Å². The highest BCUT2D eigenvalue weighted by atomic mass is 79.9. The van der Waals surface area contributed by atoms with E-state index < -0.39 is 12.6 Å². The number of benzene rings is 2. The van der Waals surface area contributed by atoms with Crippen LogP contribution in [0.3, 0.4) is 0 Å². The molecule has 2 aromatic carbocycles. The summed E-state index contributed by atoms with van der Waals surface area (Å²) in [5.74, 6) is -0.569. The van der Waals surface area contributed by atoms with Gasteiger partial charge < -0.3 is 9.84 Å². The lowest BCUT2D eigenvalue weighted by Gasteiger charge is -2.03. The van der Waals surface area contributed by atoms with Gasteiger partial charge in [0.25, 0.3) is 0 Å². The lowest BCUT2D eigenvalue weighted by atomic mass is 10.1. The SMILES string of the molecule is Brc1ccc(-c2ccc(Br)cc2)cc1.CC(C)OC(=O)CO. The molecule has 0 aliphatic carbocycles. The first-order chi connectivity index (χ1) is 10.4. The quantitative estimate of drug-likeness (QED) is 0.712. The number of hydrogen-bond acceptors (Lipinski definition) is 3. The molecule has 0 aliphatic rings. The molecule has 22 heavy (non-hydrogen) atoms. The van der Waals surface area contributed by atoms with Crippen molar-refractivity contribution in [2.24, 2.45) is 0 Å². The second-order valence-electron chi connectivity index (χ2n) is 4.71. The van der Waals surface area contributed by atoms with Crippen molar-refractivity contribution in [2.45, 2.75) is 20.0 Å². The summed E-state index contributed by atoms with van der Waals surface area (Å²) in [5.41, 5.74) is 2.47. The largest absolute Gasteiger partial charge is 0.461 e. The maximum absolute atomic E-state index is 10.2. The molecule has 118 valence electrons. The van der Waals surface area contributed by atoms with Gasteiger partial charge in [-0.3, -0.25) is 0 Å². The number of carbonyl (C=O) groups is 1. The zero-order valence-electron chi connectivity index (χ0n) is 12.4. The van der Waals surface area contributed by atoms with E-state index in [1.54, 1.807) is 13.8 Å². The van der Waals surface area contributed by atoms with Crippen LogP contribution in [0.15, 0.2) is 57.5 Å². The molecule has 0 fully saturated rings. The number of hydrogen-bond donors (Lipinski definition) is 1. The molecular weight excluding hydrogens is 412 g/mol. The molecular formula is C17H18Br2O3. The minimum absolute atomic E-state index is 0.130. The second-order valence-corrected chi connectivity index (χ2v) is 6.54. The summed E-state index contributed by atoms with van der Waals surface area (Å²) in [6.45, 7) is 2.93. The molecule has 0 amide bonds. The second kappa shape index (κ2) is 9.77. The zero-order valence-corrected chi connectivity index (χ0v) is 15.6. The van der Waals surface area contributed by atoms with Crippen LogP contribution in [-0.4, -0.2) is 23.8 Å². The molecule has 0 aromatic heterocycles. The van der Waals surface area contributed by atoms with E-state index in [1.807, 2.05) is 0 Å². The first-order valence-electron chi connectivity index (χ1n) is 6.74. The van der Waals surface area contributed by atoms with Crippen LogP contribution < -0.4 is 0 Å². The molecule has 2 aromatic rings. The Labute approximate surface area is 147 Å². The smallest absolute Gasteiger partial charge is 0.332 e. The normalized spacial score (nSPS) is 9.91. The summed E-state index contributed by atoms with van der Waals surface area (Å²) in [7, 11) is 0. The summed E-state index contributed by atoms with van der Waals surface area (Å²) in [4.78, 5) is 10.2. The first-order valence-corrected chi connectivity index (χ1v) is 8.33. The Kier molecular flexibility index (Phi) is 8.38. The van der Waals surface area contributed by atoms with Crippen LogP contribution in [-0.2, 0) is 9.53 Å². The summed E-state index contributed by atoms with van der Waals surface area (Å²) >= 11 is 6.84. The van der Waals surface area contributed by atoms with E-state index in [0.717, 1.165) is 8.95 Å². The summed E-state index contributed by atoms with van der Waals surface area (Å²) in [5, 5.41) is 8.11. The van der Waals surface area contributed by atoms with Gasteiger partial charge in [-0.05, 0) is 49.2 Å². The van der Waals surface area contributed by atoms with E-state index in [4.69, 9.17) is 5.11 Å². The van der Waals surface area contributed by atoms with Gasteiger partial charge in [-0.2, -0.15) is 0 Å². The van der Waals surface area contributed by atoms with Gasteiger partial charge in [0.15, 0.2) is 0 Å². The van der Waals surface area contributed by atoms with Crippen LogP contribution in [0.1, 0.15) is 13.8 Å². The Morgan fingerprint density at radius 1 is 0.955 bits per heavy atom. The Morgan fingerprint density at radius 2 is 1.32 bits per heavy atom. The van der Waals surface area contributed by atoms with Crippen LogP contribution in [0.4, 0.5) is 0 Å². The molecule has 0 spiro atoms. The van der Waals surface area contributed by atoms with Crippen molar-refractivity contribution in [3.8, 4) is 11.1 Å². The molecule has 3 nitrogen and oxygen atoms in total. The van der Waals surface area contributed by atoms with E-state index in [0.29, 0.717) is 0 Å². The van der Waals surface area contributed by atoms with Crippen LogP contribution in [0.5, 0.6) is 0 Å². The number of esters is 1. The molecule has 5 heteroatoms. The van der Waals surface area contributed by atoms with E-state index in [-0.39, 0.29) is 6.10 Å². The topological polar surface area (TPSA) is 46.5 Å². The fourth-order valence-corrected chi connectivity index (χ4v) is 2.11. The first kappa shape index (κ1) is 18.9. The van der Waals surface area contributed by atoms with Crippen molar-refractivity contribution in [1.29, 1.82) is 0 Å². The van der Waals surface area contributed by atoms with Crippen molar-refractivity contribution < 1.29 is 14.6 Å². The van der Waals surface area contributed by atoms with Gasteiger partial charge >= 0.3 is 5.97 Å². The maximum Gasteiger partial charge on any atom is 0.332 e. The number of aliphatic hydroxyl groups is 1. The van der Waals surface area contributed by atoms with Gasteiger partial charge in [0.05, 0.1) is 6.10 Å². The molecule has 0 bridgehead atoms. The average molecular weight is 430 g/mol. The van der Waals surface area contributed by atoms with E-state index >= 15 is 0 Å². The third-order valence-corrected chi connectivity index (χ3v) is 3.58. The summed E-state index contributed by atoms with van der Waals surface area (Å²) < 4.78 is 6.73. The Morgan fingerprint density at radius 3 is 1.55 bits per heavy atom. The van der Waals surface area contributed by atoms with E-state index in [9.17, 15) is 4.79 Å². The average Bonchev–Trinajstić information content (AvgIpc) is 2.49. The molecule has 0 atom stereocenters. The number of ether oxygens (including phenoxy) is 1. The van der Waals surface area contributed by atoms with Crippen LogP contribution in [0.2, 0.25) is 0 Å². The molecule has 2 rings (SSSR count). The lowest BCUT2D eigenvalue weighted by molar-refractivity contribution is -0.150. The van der Waals surface area contributed by atoms with Gasteiger partial charge in [0.1, 0.15) is 6.61 Å².